The van der Waals surface area contributed by atoms with Gasteiger partial charge in [0, 0.05) is 27.6 Å². The van der Waals surface area contributed by atoms with Crippen LogP contribution in [0.4, 0.5) is 17.1 Å². The molecule has 0 bridgehead atoms. The minimum Gasteiger partial charge on any atom is -0.456 e. The van der Waals surface area contributed by atoms with Crippen molar-refractivity contribution in [3.8, 4) is 33.4 Å². The van der Waals surface area contributed by atoms with E-state index in [0.29, 0.717) is 0 Å². The molecular weight excluding hydrogens is 607 g/mol. The molecule has 0 atom stereocenters. The number of furan rings is 1. The predicted molar refractivity (Wildman–Crippen MR) is 209 cm³/mol. The van der Waals surface area contributed by atoms with Gasteiger partial charge < -0.3 is 9.32 Å². The highest BCUT2D eigenvalue weighted by Crippen LogP contribution is 2.54. The molecule has 0 radical (unpaired) electrons. The smallest absolute Gasteiger partial charge is 0.137 e. The third-order valence-electron chi connectivity index (χ3n) is 9.90. The van der Waals surface area contributed by atoms with Crippen molar-refractivity contribution in [2.75, 3.05) is 4.90 Å². The highest BCUT2D eigenvalue weighted by molar-refractivity contribution is 6.13. The Morgan fingerprint density at radius 3 is 2.12 bits per heavy atom. The number of benzene rings is 7. The predicted octanol–water partition coefficient (Wildman–Crippen LogP) is 13.3. The molecule has 240 valence electrons. The van der Waals surface area contributed by atoms with Crippen LogP contribution in [0.3, 0.4) is 0 Å². The van der Waals surface area contributed by atoms with Crippen molar-refractivity contribution < 1.29 is 30.5 Å². The van der Waals surface area contributed by atoms with E-state index in [4.69, 9.17) is 22.2 Å². The number of nitrogens with zero attached hydrogens (tertiary/aromatic N) is 1. The third kappa shape index (κ3) is 3.96. The Morgan fingerprint density at radius 1 is 0.520 bits per heavy atom. The van der Waals surface area contributed by atoms with Crippen LogP contribution in [0.5, 0.6) is 0 Å². The molecule has 0 amide bonds. The molecule has 2 aliphatic rings. The first-order valence-electron chi connectivity index (χ1n) is 25.5. The SMILES string of the molecule is [2H]c1cc(-c2c([2H])cc([2H])c(N(c3c([2H])cc4c(c3[2H])C(C)(C)c3c([2H])c([2H])c([2H])c([2H])c3-4)c3c([2H])ccc4oc5c([2H])cc([2H])c([2H])c5c34)c2[2H])c2c(c1[2H])C(C)(C)c1c([2H])c([2H])c([2H])c([2H])c1-2. The molecule has 2 heteroatoms. The van der Waals surface area contributed by atoms with E-state index in [1.54, 1.807) is 27.7 Å². The van der Waals surface area contributed by atoms with Gasteiger partial charge in [-0.1, -0.05) is 137 Å². The third-order valence-corrected chi connectivity index (χ3v) is 9.90. The van der Waals surface area contributed by atoms with E-state index < -0.39 is 89.0 Å². The summed E-state index contributed by atoms with van der Waals surface area (Å²) in [6.45, 7) is 6.63. The van der Waals surface area contributed by atoms with Gasteiger partial charge in [0.2, 0.25) is 0 Å². The summed E-state index contributed by atoms with van der Waals surface area (Å²) in [5.41, 5.74) is -3.31. The molecule has 8 aromatic rings. The summed E-state index contributed by atoms with van der Waals surface area (Å²) in [6, 6.07) is -0.906. The summed E-state index contributed by atoms with van der Waals surface area (Å²) in [5, 5.41) is -0.153. The molecule has 0 aliphatic heterocycles. The van der Waals surface area contributed by atoms with Crippen LogP contribution in [0.15, 0.2) is 156 Å². The zero-order chi connectivity index (χ0) is 50.3. The van der Waals surface area contributed by atoms with Crippen LogP contribution in [0.2, 0.25) is 0 Å². The Kier molecular flexibility index (Phi) is 3.26. The van der Waals surface area contributed by atoms with Crippen LogP contribution in [0.1, 0.15) is 76.0 Å². The molecule has 2 nitrogen and oxygen atoms in total. The zero-order valence-corrected chi connectivity index (χ0v) is 27.3. The van der Waals surface area contributed by atoms with Gasteiger partial charge in [-0.2, -0.15) is 0 Å². The molecule has 10 rings (SSSR count). The fourth-order valence-electron chi connectivity index (χ4n) is 7.47. The maximum Gasteiger partial charge on any atom is 0.137 e. The molecular formula is C48H37NO. The van der Waals surface area contributed by atoms with Crippen LogP contribution in [0, 0.1) is 0 Å². The Balaban J connectivity index is 1.39. The molecule has 0 spiro atoms. The van der Waals surface area contributed by atoms with Crippen molar-refractivity contribution in [1.29, 1.82) is 0 Å². The molecule has 1 aromatic heterocycles. The molecule has 0 N–H and O–H groups in total. The van der Waals surface area contributed by atoms with E-state index in [2.05, 4.69) is 0 Å². The first kappa shape index (κ1) is 15.8. The van der Waals surface area contributed by atoms with Crippen LogP contribution in [-0.2, 0) is 10.8 Å². The van der Waals surface area contributed by atoms with Gasteiger partial charge in [-0.05, 0) is 98.0 Å². The van der Waals surface area contributed by atoms with Crippen LogP contribution < -0.4 is 4.90 Å². The van der Waals surface area contributed by atoms with E-state index in [-0.39, 0.29) is 131 Å². The summed E-state index contributed by atoms with van der Waals surface area (Å²) in [6.07, 6.45) is 0. The summed E-state index contributed by atoms with van der Waals surface area (Å²) in [7, 11) is 0. The molecule has 0 saturated carbocycles. The lowest BCUT2D eigenvalue weighted by molar-refractivity contribution is 0.660. The average Bonchev–Trinajstić information content (AvgIpc) is 3.86. The quantitative estimate of drug-likeness (QED) is 0.186. The number of rotatable bonds is 4. The van der Waals surface area contributed by atoms with E-state index in [9.17, 15) is 8.22 Å². The summed E-state index contributed by atoms with van der Waals surface area (Å²) in [4.78, 5) is 1.12. The number of fused-ring (bicyclic) bond motifs is 9. The lowest BCUT2D eigenvalue weighted by Crippen LogP contribution is -2.16. The van der Waals surface area contributed by atoms with Gasteiger partial charge in [-0.15, -0.1) is 0 Å². The molecule has 2 aliphatic carbocycles. The van der Waals surface area contributed by atoms with Crippen molar-refractivity contribution in [3.63, 3.8) is 0 Å². The Morgan fingerprint density at radius 2 is 1.26 bits per heavy atom. The fraction of sp³-hybridized carbons (Fsp3) is 0.125. The molecule has 50 heavy (non-hydrogen) atoms. The first-order chi connectivity index (χ1) is 32.2. The number of hydrogen-bond acceptors (Lipinski definition) is 2. The second-order valence-electron chi connectivity index (χ2n) is 13.4. The second kappa shape index (κ2) is 10.3. The lowest BCUT2D eigenvalue weighted by Gasteiger charge is -2.29. The minimum absolute atomic E-state index is 0.00313. The van der Waals surface area contributed by atoms with Gasteiger partial charge in [-0.25, -0.2) is 0 Å². The molecule has 0 unspecified atom stereocenters. The van der Waals surface area contributed by atoms with Crippen LogP contribution >= 0.6 is 0 Å². The average molecular weight is 663 g/mol. The normalized spacial score (nSPS) is 20.0. The van der Waals surface area contributed by atoms with Gasteiger partial charge in [0.25, 0.3) is 0 Å². The van der Waals surface area contributed by atoms with Gasteiger partial charge in [0.15, 0.2) is 0 Å². The highest BCUT2D eigenvalue weighted by Gasteiger charge is 2.37. The summed E-state index contributed by atoms with van der Waals surface area (Å²) >= 11 is 0. The summed E-state index contributed by atoms with van der Waals surface area (Å²) in [5.74, 6) is 0. The van der Waals surface area contributed by atoms with Crippen LogP contribution in [-0.4, -0.2) is 0 Å². The van der Waals surface area contributed by atoms with Gasteiger partial charge in [-0.3, -0.25) is 0 Å². The van der Waals surface area contributed by atoms with E-state index >= 15 is 0 Å². The monoisotopic (exact) mass is 662 g/mol. The fourth-order valence-corrected chi connectivity index (χ4v) is 7.47. The van der Waals surface area contributed by atoms with E-state index in [0.717, 1.165) is 17.0 Å². The minimum atomic E-state index is -1.34. The van der Waals surface area contributed by atoms with Crippen molar-refractivity contribution >= 4 is 39.0 Å². The van der Waals surface area contributed by atoms with E-state index in [1.165, 1.54) is 24.3 Å². The Hall–Kier alpha value is -5.86. The maximum atomic E-state index is 10.2. The standard InChI is InChI=1S/C48H37NO/c1-47(2)39-21-9-6-17-36(39)45-33(19-12-22-40(45)47)30-14-11-15-31(28-30)49(42-23-13-25-44-46(42)37-18-7-10-24-43(37)50-44)32-26-27-35-34-16-5-8-20-38(34)48(3,4)41(35)29-32/h5-29H,1-4H3/i5D,6D,7D,8D,9D,12D,14D,15D,16D,17D,18D,20D,21D,22D,23D,24D,26D,28D,29D. The zero-order valence-electron chi connectivity index (χ0n) is 46.3. The second-order valence-corrected chi connectivity index (χ2v) is 13.4. The number of anilines is 3. The molecule has 1 heterocycles. The molecule has 0 saturated heterocycles. The molecule has 0 fully saturated rings. The van der Waals surface area contributed by atoms with E-state index in [1.807, 2.05) is 0 Å². The Bertz CT molecular complexity index is 3740. The van der Waals surface area contributed by atoms with Gasteiger partial charge in [0.05, 0.1) is 37.1 Å². The largest absolute Gasteiger partial charge is 0.456 e. The number of hydrogen-bond donors (Lipinski definition) is 0. The van der Waals surface area contributed by atoms with Gasteiger partial charge in [0.1, 0.15) is 11.2 Å². The van der Waals surface area contributed by atoms with Crippen molar-refractivity contribution in [1.82, 2.24) is 0 Å². The van der Waals surface area contributed by atoms with Crippen molar-refractivity contribution in [2.45, 2.75) is 38.5 Å². The summed E-state index contributed by atoms with van der Waals surface area (Å²) < 4.78 is 180. The van der Waals surface area contributed by atoms with Gasteiger partial charge >= 0.3 is 0 Å². The van der Waals surface area contributed by atoms with Crippen molar-refractivity contribution in [2.24, 2.45) is 0 Å². The topological polar surface area (TPSA) is 16.4 Å². The van der Waals surface area contributed by atoms with Crippen molar-refractivity contribution in [3.05, 3.63) is 173 Å². The highest BCUT2D eigenvalue weighted by atomic mass is 16.3. The first-order valence-corrected chi connectivity index (χ1v) is 16.0. The lowest BCUT2D eigenvalue weighted by atomic mass is 9.82. The number of para-hydroxylation sites is 1. The van der Waals surface area contributed by atoms with Crippen LogP contribution in [0.25, 0.3) is 55.3 Å². The maximum absolute atomic E-state index is 10.2. The Labute approximate surface area is 320 Å². The molecule has 7 aromatic carbocycles.